The normalized spacial score (nSPS) is 16.0. The van der Waals surface area contributed by atoms with Gasteiger partial charge in [0.25, 0.3) is 5.69 Å². The van der Waals surface area contributed by atoms with Gasteiger partial charge >= 0.3 is 0 Å². The Bertz CT molecular complexity index is 1150. The molecule has 1 saturated heterocycles. The van der Waals surface area contributed by atoms with Crippen molar-refractivity contribution in [2.45, 2.75) is 6.54 Å². The first-order valence-corrected chi connectivity index (χ1v) is 10.1. The number of piperazine rings is 1. The Kier molecular flexibility index (Phi) is 4.91. The fourth-order valence-corrected chi connectivity index (χ4v) is 3.91. The van der Waals surface area contributed by atoms with Gasteiger partial charge in [-0.1, -0.05) is 6.07 Å². The van der Waals surface area contributed by atoms with Gasteiger partial charge in [-0.05, 0) is 30.8 Å². The number of hydrogen-bond donors (Lipinski definition) is 1. The number of anilines is 2. The number of likely N-dealkylation sites (N-methyl/N-ethyl adjacent to an activating group) is 1. The van der Waals surface area contributed by atoms with Crippen LogP contribution in [0.5, 0.6) is 11.5 Å². The molecule has 5 rings (SSSR count). The number of nitrogens with one attached hydrogen (secondary N) is 1. The zero-order chi connectivity index (χ0) is 21.4. The van der Waals surface area contributed by atoms with Crippen molar-refractivity contribution in [2.24, 2.45) is 0 Å². The molecule has 10 nitrogen and oxygen atoms in total. The summed E-state index contributed by atoms with van der Waals surface area (Å²) in [5.41, 5.74) is 2.33. The molecule has 0 saturated carbocycles. The zero-order valence-electron chi connectivity index (χ0n) is 17.1. The summed E-state index contributed by atoms with van der Waals surface area (Å²) in [5, 5.41) is 15.7. The number of benzene rings is 2. The molecule has 0 radical (unpaired) electrons. The zero-order valence-corrected chi connectivity index (χ0v) is 17.1. The molecule has 0 unspecified atom stereocenters. The van der Waals surface area contributed by atoms with Gasteiger partial charge < -0.3 is 24.6 Å². The summed E-state index contributed by atoms with van der Waals surface area (Å²) in [6.07, 6.45) is 1.48. The molecule has 1 aromatic heterocycles. The molecule has 0 amide bonds. The largest absolute Gasteiger partial charge is 0.454 e. The van der Waals surface area contributed by atoms with E-state index in [0.29, 0.717) is 34.7 Å². The van der Waals surface area contributed by atoms with Crippen molar-refractivity contribution in [1.29, 1.82) is 0 Å². The van der Waals surface area contributed by atoms with Gasteiger partial charge in [0.15, 0.2) is 11.5 Å². The number of ether oxygens (including phenoxy) is 2. The highest BCUT2D eigenvalue weighted by molar-refractivity contribution is 5.94. The maximum absolute atomic E-state index is 11.9. The average molecular weight is 422 g/mol. The Morgan fingerprint density at radius 1 is 1.10 bits per heavy atom. The van der Waals surface area contributed by atoms with Gasteiger partial charge in [-0.25, -0.2) is 9.97 Å². The second kappa shape index (κ2) is 7.88. The van der Waals surface area contributed by atoms with Gasteiger partial charge in [0.05, 0.1) is 10.4 Å². The summed E-state index contributed by atoms with van der Waals surface area (Å²) in [5.74, 6) is 1.98. The van der Waals surface area contributed by atoms with Crippen molar-refractivity contribution in [2.75, 3.05) is 50.2 Å². The third-order valence-corrected chi connectivity index (χ3v) is 5.67. The minimum absolute atomic E-state index is 0.0676. The van der Waals surface area contributed by atoms with Crippen LogP contribution in [0.1, 0.15) is 5.56 Å². The Morgan fingerprint density at radius 2 is 1.90 bits per heavy atom. The summed E-state index contributed by atoms with van der Waals surface area (Å²) in [4.78, 5) is 24.5. The van der Waals surface area contributed by atoms with E-state index in [0.717, 1.165) is 37.5 Å². The lowest BCUT2D eigenvalue weighted by molar-refractivity contribution is -0.384. The topological polar surface area (TPSA) is 106 Å². The number of aromatic nitrogens is 2. The first-order chi connectivity index (χ1) is 15.1. The predicted molar refractivity (Wildman–Crippen MR) is 116 cm³/mol. The standard InChI is InChI=1S/C21H22N6O4/c1-25-4-6-26(7-5-25)17-10-16-15(9-18(17)27(28)29)21(24-12-23-16)22-11-14-2-3-19-20(8-14)31-13-30-19/h2-3,8-10,12H,4-7,11,13H2,1H3,(H,22,23,24). The average Bonchev–Trinajstić information content (AvgIpc) is 3.25. The van der Waals surface area contributed by atoms with Gasteiger partial charge in [0.1, 0.15) is 17.8 Å². The minimum atomic E-state index is -0.332. The molecule has 1 N–H and O–H groups in total. The Hall–Kier alpha value is -3.66. The van der Waals surface area contributed by atoms with E-state index in [2.05, 4.69) is 32.1 Å². The van der Waals surface area contributed by atoms with Crippen LogP contribution < -0.4 is 19.7 Å². The second-order valence-corrected chi connectivity index (χ2v) is 7.67. The van der Waals surface area contributed by atoms with Crippen molar-refractivity contribution in [1.82, 2.24) is 14.9 Å². The summed E-state index contributed by atoms with van der Waals surface area (Å²) >= 11 is 0. The molecule has 3 aromatic rings. The molecule has 10 heteroatoms. The molecule has 3 heterocycles. The second-order valence-electron chi connectivity index (χ2n) is 7.67. The highest BCUT2D eigenvalue weighted by Gasteiger charge is 2.24. The first kappa shape index (κ1) is 19.3. The first-order valence-electron chi connectivity index (χ1n) is 10.1. The van der Waals surface area contributed by atoms with Gasteiger partial charge in [-0.3, -0.25) is 10.1 Å². The SMILES string of the molecule is CN1CCN(c2cc3ncnc(NCc4ccc5c(c4)OCO5)c3cc2[N+](=O)[O-])CC1. The van der Waals surface area contributed by atoms with Gasteiger partial charge in [0.2, 0.25) is 6.79 Å². The van der Waals surface area contributed by atoms with Crippen LogP contribution in [0.2, 0.25) is 0 Å². The molecule has 0 atom stereocenters. The van der Waals surface area contributed by atoms with Gasteiger partial charge in [0, 0.05) is 44.2 Å². The van der Waals surface area contributed by atoms with Crippen LogP contribution in [-0.4, -0.2) is 59.8 Å². The Balaban J connectivity index is 1.45. The third kappa shape index (κ3) is 3.77. The fraction of sp³-hybridized carbons (Fsp3) is 0.333. The fourth-order valence-electron chi connectivity index (χ4n) is 3.91. The summed E-state index contributed by atoms with van der Waals surface area (Å²) < 4.78 is 10.8. The lowest BCUT2D eigenvalue weighted by Crippen LogP contribution is -2.44. The number of fused-ring (bicyclic) bond motifs is 2. The summed E-state index contributed by atoms with van der Waals surface area (Å²) in [7, 11) is 2.05. The molecule has 160 valence electrons. The summed E-state index contributed by atoms with van der Waals surface area (Å²) in [6.45, 7) is 3.91. The van der Waals surface area contributed by atoms with Crippen molar-refractivity contribution in [3.8, 4) is 11.5 Å². The molecule has 31 heavy (non-hydrogen) atoms. The number of rotatable bonds is 5. The van der Waals surface area contributed by atoms with E-state index >= 15 is 0 Å². The van der Waals surface area contributed by atoms with Crippen LogP contribution in [0.4, 0.5) is 17.2 Å². The van der Waals surface area contributed by atoms with E-state index in [1.807, 2.05) is 18.2 Å². The van der Waals surface area contributed by atoms with E-state index in [1.54, 1.807) is 12.1 Å². The van der Waals surface area contributed by atoms with E-state index in [-0.39, 0.29) is 17.4 Å². The number of nitro groups is 1. The molecule has 0 bridgehead atoms. The van der Waals surface area contributed by atoms with Crippen molar-refractivity contribution in [3.63, 3.8) is 0 Å². The molecule has 0 aliphatic carbocycles. The minimum Gasteiger partial charge on any atom is -0.454 e. The van der Waals surface area contributed by atoms with Crippen LogP contribution in [0, 0.1) is 10.1 Å². The third-order valence-electron chi connectivity index (χ3n) is 5.67. The quantitative estimate of drug-likeness (QED) is 0.490. The highest BCUT2D eigenvalue weighted by atomic mass is 16.7. The predicted octanol–water partition coefficient (Wildman–Crippen LogP) is 2.63. The van der Waals surface area contributed by atoms with E-state index < -0.39 is 0 Å². The Labute approximate surface area is 178 Å². The summed E-state index contributed by atoms with van der Waals surface area (Å²) in [6, 6.07) is 9.09. The lowest BCUT2D eigenvalue weighted by atomic mass is 10.1. The molecule has 0 spiro atoms. The van der Waals surface area contributed by atoms with E-state index in [4.69, 9.17) is 9.47 Å². The van der Waals surface area contributed by atoms with Crippen LogP contribution in [0.15, 0.2) is 36.7 Å². The molecule has 2 aliphatic rings. The van der Waals surface area contributed by atoms with E-state index in [1.165, 1.54) is 6.33 Å². The van der Waals surface area contributed by atoms with Crippen LogP contribution >= 0.6 is 0 Å². The highest BCUT2D eigenvalue weighted by Crippen LogP contribution is 2.36. The molecule has 2 aromatic carbocycles. The Morgan fingerprint density at radius 3 is 2.71 bits per heavy atom. The van der Waals surface area contributed by atoms with Crippen LogP contribution in [0.25, 0.3) is 10.9 Å². The van der Waals surface area contributed by atoms with Crippen molar-refractivity contribution < 1.29 is 14.4 Å². The lowest BCUT2D eigenvalue weighted by Gasteiger charge is -2.33. The molecule has 1 fully saturated rings. The maximum Gasteiger partial charge on any atom is 0.293 e. The molecular weight excluding hydrogens is 400 g/mol. The maximum atomic E-state index is 11.9. The number of nitrogens with zero attached hydrogens (tertiary/aromatic N) is 5. The van der Waals surface area contributed by atoms with E-state index in [9.17, 15) is 10.1 Å². The molecular formula is C21H22N6O4. The van der Waals surface area contributed by atoms with Crippen LogP contribution in [-0.2, 0) is 6.54 Å². The number of nitro benzene ring substituents is 1. The van der Waals surface area contributed by atoms with Crippen molar-refractivity contribution in [3.05, 3.63) is 52.3 Å². The molecule has 2 aliphatic heterocycles. The van der Waals surface area contributed by atoms with Gasteiger partial charge in [-0.2, -0.15) is 0 Å². The monoisotopic (exact) mass is 422 g/mol. The van der Waals surface area contributed by atoms with Crippen LogP contribution in [0.3, 0.4) is 0 Å². The number of hydrogen-bond acceptors (Lipinski definition) is 9. The van der Waals surface area contributed by atoms with Gasteiger partial charge in [-0.15, -0.1) is 0 Å². The smallest absolute Gasteiger partial charge is 0.293 e. The van der Waals surface area contributed by atoms with Crippen molar-refractivity contribution >= 4 is 28.1 Å².